The summed E-state index contributed by atoms with van der Waals surface area (Å²) in [7, 11) is 5.16. The summed E-state index contributed by atoms with van der Waals surface area (Å²) in [5.74, 6) is -1.81. The van der Waals surface area contributed by atoms with Crippen LogP contribution in [-0.4, -0.2) is 39.9 Å². The van der Waals surface area contributed by atoms with Crippen molar-refractivity contribution in [1.29, 1.82) is 0 Å². The summed E-state index contributed by atoms with van der Waals surface area (Å²) in [6.07, 6.45) is 0. The fraction of sp³-hybridized carbons (Fsp3) is 0.0182. The standard InChI is InChI=1S/C33H19F3N4S.C22H14F2N4P2/c1-18-2-12-24-26(16-18)39-31(20-5-9-22(35)10-6-20)32(38-24)28-14-15-29(41-28)33-30(19-3-7-21(34)8-4-19)37-25-13-11-23(36)17-27(25)40-33;23-13-5-7-15-17(9-13)25-19(21(29)27-15)11-1-2-12(4-3-11)20-22(30)28-16-8-6-14(24)10-18(16)26-20/h2-17H,1H3;1-10H,29-30H2. The first-order chi connectivity index (χ1) is 34.4. The van der Waals surface area contributed by atoms with Crippen LogP contribution in [0.1, 0.15) is 5.56 Å². The van der Waals surface area contributed by atoms with Gasteiger partial charge in [0.25, 0.3) is 0 Å². The molecule has 0 N–H and O–H groups in total. The molecule has 12 rings (SSSR count). The predicted molar refractivity (Wildman–Crippen MR) is 279 cm³/mol. The number of hydrogen-bond acceptors (Lipinski definition) is 9. The zero-order valence-electron chi connectivity index (χ0n) is 37.0. The van der Waals surface area contributed by atoms with Gasteiger partial charge < -0.3 is 0 Å². The van der Waals surface area contributed by atoms with E-state index in [4.69, 9.17) is 19.9 Å². The van der Waals surface area contributed by atoms with E-state index >= 15 is 0 Å². The molecule has 12 aromatic rings. The molecule has 0 spiro atoms. The Morgan fingerprint density at radius 1 is 0.296 bits per heavy atom. The third-order valence-electron chi connectivity index (χ3n) is 11.5. The summed E-state index contributed by atoms with van der Waals surface area (Å²) in [5.41, 5.74) is 13.9. The minimum absolute atomic E-state index is 0.335. The number of hydrogen-bond donors (Lipinski definition) is 0. The van der Waals surface area contributed by atoms with E-state index in [2.05, 4.69) is 38.4 Å². The first kappa shape index (κ1) is 45.5. The number of aryl methyl sites for hydroxylation is 1. The Labute approximate surface area is 410 Å². The minimum Gasteiger partial charge on any atom is -0.245 e. The smallest absolute Gasteiger partial charge is 0.125 e. The van der Waals surface area contributed by atoms with E-state index < -0.39 is 5.82 Å². The van der Waals surface area contributed by atoms with Gasteiger partial charge in [-0.1, -0.05) is 48.8 Å². The maximum absolute atomic E-state index is 14.1. The molecule has 0 saturated carbocycles. The molecule has 7 aromatic carbocycles. The van der Waals surface area contributed by atoms with Gasteiger partial charge in [0.05, 0.1) is 87.5 Å². The summed E-state index contributed by atoms with van der Waals surface area (Å²) in [5, 5.41) is 0. The zero-order chi connectivity index (χ0) is 48.9. The molecular weight excluding hydrogens is 962 g/mol. The average molecular weight is 995 g/mol. The van der Waals surface area contributed by atoms with Crippen molar-refractivity contribution in [2.75, 3.05) is 0 Å². The van der Waals surface area contributed by atoms with Crippen LogP contribution in [0.4, 0.5) is 22.0 Å². The van der Waals surface area contributed by atoms with Gasteiger partial charge in [0.15, 0.2) is 0 Å². The molecule has 5 heterocycles. The summed E-state index contributed by atoms with van der Waals surface area (Å²) in [6, 6.07) is 42.5. The summed E-state index contributed by atoms with van der Waals surface area (Å²) >= 11 is 1.44. The Morgan fingerprint density at radius 3 is 1.03 bits per heavy atom. The lowest BCUT2D eigenvalue weighted by atomic mass is 10.1. The molecule has 0 fully saturated rings. The van der Waals surface area contributed by atoms with E-state index in [0.29, 0.717) is 83.7 Å². The minimum atomic E-state index is -0.412. The zero-order valence-corrected chi connectivity index (χ0v) is 40.2. The molecule has 0 amide bonds. The highest BCUT2D eigenvalue weighted by Gasteiger charge is 2.20. The molecule has 0 aliphatic rings. The van der Waals surface area contributed by atoms with Gasteiger partial charge in [-0.15, -0.1) is 11.3 Å². The highest BCUT2D eigenvalue weighted by Crippen LogP contribution is 2.41. The Hall–Kier alpha value is -7.89. The molecule has 0 saturated heterocycles. The maximum atomic E-state index is 14.1. The van der Waals surface area contributed by atoms with Crippen molar-refractivity contribution in [3.63, 3.8) is 0 Å². The normalized spacial score (nSPS) is 11.4. The average Bonchev–Trinajstić information content (AvgIpc) is 3.86. The van der Waals surface area contributed by atoms with Gasteiger partial charge in [-0.2, -0.15) is 0 Å². The van der Waals surface area contributed by atoms with Crippen LogP contribution in [0.5, 0.6) is 0 Å². The molecule has 344 valence electrons. The van der Waals surface area contributed by atoms with Gasteiger partial charge in [0, 0.05) is 40.5 Å². The topological polar surface area (TPSA) is 103 Å². The third-order valence-corrected chi connectivity index (χ3v) is 13.4. The summed E-state index contributed by atoms with van der Waals surface area (Å²) < 4.78 is 68.8. The summed E-state index contributed by atoms with van der Waals surface area (Å²) in [6.45, 7) is 1.99. The molecular formula is C55H33F5N8P2S. The van der Waals surface area contributed by atoms with Crippen molar-refractivity contribution in [3.05, 3.63) is 192 Å². The SMILES string of the molecule is Cc1ccc2nc(-c3ccc(-c4nc5cc(F)ccc5nc4-c4ccc(F)cc4)s3)c(-c3ccc(F)cc3)nc2c1.Fc1ccc2nc(P)c(-c3ccc(-c4nc5cc(F)ccc5nc4P)cc3)nc2c1. The van der Waals surface area contributed by atoms with Crippen LogP contribution >= 0.6 is 29.8 Å². The van der Waals surface area contributed by atoms with Crippen molar-refractivity contribution in [2.24, 2.45) is 0 Å². The van der Waals surface area contributed by atoms with Crippen LogP contribution in [0, 0.1) is 36.0 Å². The molecule has 0 bridgehead atoms. The second-order valence-electron chi connectivity index (χ2n) is 16.4. The van der Waals surface area contributed by atoms with Gasteiger partial charge in [0.2, 0.25) is 0 Å². The lowest BCUT2D eigenvalue weighted by Gasteiger charge is -2.10. The van der Waals surface area contributed by atoms with Crippen LogP contribution < -0.4 is 10.9 Å². The largest absolute Gasteiger partial charge is 0.245 e. The van der Waals surface area contributed by atoms with Crippen molar-refractivity contribution >= 4 is 84.8 Å². The second-order valence-corrected chi connectivity index (χ2v) is 18.6. The Morgan fingerprint density at radius 2 is 0.592 bits per heavy atom. The fourth-order valence-electron chi connectivity index (χ4n) is 8.04. The van der Waals surface area contributed by atoms with Crippen molar-refractivity contribution in [2.45, 2.75) is 6.92 Å². The van der Waals surface area contributed by atoms with Crippen LogP contribution in [0.15, 0.2) is 158 Å². The fourth-order valence-corrected chi connectivity index (χ4v) is 9.77. The number of rotatable bonds is 6. The van der Waals surface area contributed by atoms with Crippen LogP contribution in [0.25, 0.3) is 110 Å². The Kier molecular flexibility index (Phi) is 12.1. The van der Waals surface area contributed by atoms with E-state index in [1.54, 1.807) is 42.5 Å². The number of nitrogens with zero attached hydrogens (tertiary/aromatic N) is 8. The first-order valence-electron chi connectivity index (χ1n) is 21.8. The maximum Gasteiger partial charge on any atom is 0.125 e. The number of aromatic nitrogens is 8. The molecule has 8 nitrogen and oxygen atoms in total. The highest BCUT2D eigenvalue weighted by atomic mass is 32.1. The van der Waals surface area contributed by atoms with Crippen molar-refractivity contribution < 1.29 is 22.0 Å². The number of thiophene rings is 1. The molecule has 2 unspecified atom stereocenters. The van der Waals surface area contributed by atoms with Crippen molar-refractivity contribution in [1.82, 2.24) is 39.9 Å². The second kappa shape index (κ2) is 18.8. The summed E-state index contributed by atoms with van der Waals surface area (Å²) in [4.78, 5) is 39.2. The number of benzene rings is 7. The Bertz CT molecular complexity index is 3940. The van der Waals surface area contributed by atoms with E-state index in [0.717, 1.165) is 43.0 Å². The molecule has 16 heteroatoms. The molecule has 2 atom stereocenters. The van der Waals surface area contributed by atoms with Crippen LogP contribution in [0.3, 0.4) is 0 Å². The van der Waals surface area contributed by atoms with E-state index in [1.807, 2.05) is 61.5 Å². The number of halogens is 5. The van der Waals surface area contributed by atoms with E-state index in [-0.39, 0.29) is 23.3 Å². The number of fused-ring (bicyclic) bond motifs is 4. The van der Waals surface area contributed by atoms with Gasteiger partial charge in [0.1, 0.15) is 40.5 Å². The lowest BCUT2D eigenvalue weighted by Crippen LogP contribution is -2.07. The highest BCUT2D eigenvalue weighted by molar-refractivity contribution is 7.27. The Balaban J connectivity index is 0.000000162. The predicted octanol–water partition coefficient (Wildman–Crippen LogP) is 13.2. The molecule has 0 aliphatic heterocycles. The van der Waals surface area contributed by atoms with Gasteiger partial charge in [-0.25, -0.2) is 61.8 Å². The van der Waals surface area contributed by atoms with Crippen LogP contribution in [-0.2, 0) is 0 Å². The van der Waals surface area contributed by atoms with Crippen LogP contribution in [0.2, 0.25) is 0 Å². The quantitative estimate of drug-likeness (QED) is 0.120. The van der Waals surface area contributed by atoms with Gasteiger partial charge in [-0.3, -0.25) is 0 Å². The van der Waals surface area contributed by atoms with Crippen molar-refractivity contribution in [3.8, 4) is 66.2 Å². The lowest BCUT2D eigenvalue weighted by molar-refractivity contribution is 0.627. The third kappa shape index (κ3) is 9.33. The molecule has 0 radical (unpaired) electrons. The molecule has 5 aromatic heterocycles. The molecule has 71 heavy (non-hydrogen) atoms. The molecule has 0 aliphatic carbocycles. The first-order valence-corrected chi connectivity index (χ1v) is 23.8. The van der Waals surface area contributed by atoms with Gasteiger partial charge >= 0.3 is 0 Å². The van der Waals surface area contributed by atoms with E-state index in [9.17, 15) is 22.0 Å². The van der Waals surface area contributed by atoms with E-state index in [1.165, 1.54) is 72.0 Å². The van der Waals surface area contributed by atoms with Gasteiger partial charge in [-0.05, 0) is 122 Å². The monoisotopic (exact) mass is 994 g/mol.